The number of allylic oxidation sites excluding steroid dienone is 1. The standard InChI is InChI=1S/C28H31N3O9/c1-17-24(27(33)39-14-13-37-4)26(22-7-5-6-8-23(22)31(35)36)25(18(2)29-17)28(34)40-16-15-38-21-11-9-20(10-12-21)30-19(3)32/h5-12,24,26H,13-16H2,1-4H3,(H,30,32). The van der Waals surface area contributed by atoms with E-state index in [1.165, 1.54) is 32.2 Å². The largest absolute Gasteiger partial charge is 0.490 e. The molecule has 1 heterocycles. The number of nitrogens with zero attached hydrogens (tertiary/aromatic N) is 2. The molecule has 1 amide bonds. The summed E-state index contributed by atoms with van der Waals surface area (Å²) >= 11 is 0. The third-order valence-electron chi connectivity index (χ3n) is 6.06. The topological polar surface area (TPSA) is 156 Å². The summed E-state index contributed by atoms with van der Waals surface area (Å²) in [6.45, 7) is 4.60. The Kier molecular flexibility index (Phi) is 10.5. The Morgan fingerprint density at radius 1 is 0.975 bits per heavy atom. The first-order chi connectivity index (χ1) is 19.1. The summed E-state index contributed by atoms with van der Waals surface area (Å²) in [5, 5.41) is 14.5. The number of para-hydroxylation sites is 1. The SMILES string of the molecule is COCCOC(=O)C1C(C)=NC(C)=C(C(=O)OCCOc2ccc(NC(C)=O)cc2)C1c1ccccc1[N+](=O)[O-]. The molecule has 0 aliphatic carbocycles. The summed E-state index contributed by atoms with van der Waals surface area (Å²) in [4.78, 5) is 53.4. The van der Waals surface area contributed by atoms with Crippen molar-refractivity contribution in [2.45, 2.75) is 26.7 Å². The summed E-state index contributed by atoms with van der Waals surface area (Å²) in [7, 11) is 1.46. The Morgan fingerprint density at radius 2 is 1.65 bits per heavy atom. The van der Waals surface area contributed by atoms with Crippen LogP contribution in [0.2, 0.25) is 0 Å². The summed E-state index contributed by atoms with van der Waals surface area (Å²) in [6, 6.07) is 12.6. The maximum Gasteiger partial charge on any atom is 0.336 e. The average molecular weight is 554 g/mol. The van der Waals surface area contributed by atoms with E-state index in [9.17, 15) is 24.5 Å². The lowest BCUT2D eigenvalue weighted by molar-refractivity contribution is -0.385. The zero-order valence-corrected chi connectivity index (χ0v) is 22.7. The van der Waals surface area contributed by atoms with Gasteiger partial charge in [0.2, 0.25) is 5.91 Å². The van der Waals surface area contributed by atoms with Crippen molar-refractivity contribution >= 4 is 34.9 Å². The van der Waals surface area contributed by atoms with Crippen molar-refractivity contribution in [3.8, 4) is 5.75 Å². The number of amides is 1. The maximum atomic E-state index is 13.4. The highest BCUT2D eigenvalue weighted by Crippen LogP contribution is 2.43. The van der Waals surface area contributed by atoms with E-state index >= 15 is 0 Å². The van der Waals surface area contributed by atoms with Gasteiger partial charge in [-0.1, -0.05) is 18.2 Å². The van der Waals surface area contributed by atoms with Crippen LogP contribution in [-0.2, 0) is 28.6 Å². The smallest absolute Gasteiger partial charge is 0.336 e. The van der Waals surface area contributed by atoms with Crippen molar-refractivity contribution in [1.82, 2.24) is 0 Å². The minimum atomic E-state index is -1.09. The van der Waals surface area contributed by atoms with Gasteiger partial charge in [0.25, 0.3) is 5.69 Å². The van der Waals surface area contributed by atoms with Gasteiger partial charge in [0.1, 0.15) is 31.5 Å². The number of hydrogen-bond donors (Lipinski definition) is 1. The highest BCUT2D eigenvalue weighted by atomic mass is 16.6. The van der Waals surface area contributed by atoms with Crippen LogP contribution in [0.1, 0.15) is 32.3 Å². The molecule has 0 bridgehead atoms. The third-order valence-corrected chi connectivity index (χ3v) is 6.06. The predicted octanol–water partition coefficient (Wildman–Crippen LogP) is 3.81. The molecule has 0 saturated carbocycles. The molecule has 1 N–H and O–H groups in total. The number of ether oxygens (including phenoxy) is 4. The second kappa shape index (κ2) is 14.0. The number of hydrogen-bond acceptors (Lipinski definition) is 10. The molecule has 212 valence electrons. The van der Waals surface area contributed by atoms with Crippen LogP contribution in [0.3, 0.4) is 0 Å². The molecule has 40 heavy (non-hydrogen) atoms. The number of rotatable bonds is 12. The van der Waals surface area contributed by atoms with Gasteiger partial charge in [-0.15, -0.1) is 0 Å². The van der Waals surface area contributed by atoms with Gasteiger partial charge in [-0.25, -0.2) is 4.79 Å². The predicted molar refractivity (Wildman–Crippen MR) is 145 cm³/mol. The van der Waals surface area contributed by atoms with Crippen molar-refractivity contribution in [3.63, 3.8) is 0 Å². The summed E-state index contributed by atoms with van der Waals surface area (Å²) in [6.07, 6.45) is 0. The van der Waals surface area contributed by atoms with Crippen molar-refractivity contribution in [1.29, 1.82) is 0 Å². The second-order valence-electron chi connectivity index (χ2n) is 8.87. The van der Waals surface area contributed by atoms with Gasteiger partial charge < -0.3 is 24.3 Å². The minimum absolute atomic E-state index is 0.0124. The third kappa shape index (κ3) is 7.50. The Bertz CT molecular complexity index is 1320. The molecule has 2 aromatic rings. The first kappa shape index (κ1) is 30.0. The molecule has 0 radical (unpaired) electrons. The van der Waals surface area contributed by atoms with E-state index in [2.05, 4.69) is 10.3 Å². The Labute approximate surface area is 231 Å². The highest BCUT2D eigenvalue weighted by Gasteiger charge is 2.44. The molecule has 0 aromatic heterocycles. The molecule has 1 aliphatic rings. The van der Waals surface area contributed by atoms with Gasteiger partial charge in [0.05, 0.1) is 17.1 Å². The molecule has 2 unspecified atom stereocenters. The van der Waals surface area contributed by atoms with Crippen LogP contribution in [0.25, 0.3) is 0 Å². The second-order valence-corrected chi connectivity index (χ2v) is 8.87. The first-order valence-corrected chi connectivity index (χ1v) is 12.5. The monoisotopic (exact) mass is 553 g/mol. The van der Waals surface area contributed by atoms with Crippen LogP contribution in [0.4, 0.5) is 11.4 Å². The normalized spacial score (nSPS) is 16.6. The molecule has 0 saturated heterocycles. The number of nitro benzene ring substituents is 1. The van der Waals surface area contributed by atoms with Crippen molar-refractivity contribution in [2.24, 2.45) is 10.9 Å². The highest BCUT2D eigenvalue weighted by molar-refractivity contribution is 6.07. The number of esters is 2. The number of carbonyl (C=O) groups excluding carboxylic acids is 3. The molecule has 0 spiro atoms. The van der Waals surface area contributed by atoms with Crippen LogP contribution in [-0.4, -0.2) is 62.0 Å². The van der Waals surface area contributed by atoms with Crippen molar-refractivity contribution in [3.05, 3.63) is 75.5 Å². The lowest BCUT2D eigenvalue weighted by atomic mass is 9.75. The average Bonchev–Trinajstić information content (AvgIpc) is 2.91. The van der Waals surface area contributed by atoms with E-state index in [0.29, 0.717) is 17.1 Å². The van der Waals surface area contributed by atoms with E-state index < -0.39 is 28.7 Å². The molecule has 12 heteroatoms. The van der Waals surface area contributed by atoms with Gasteiger partial charge in [-0.05, 0) is 38.1 Å². The zero-order chi connectivity index (χ0) is 29.2. The quantitative estimate of drug-likeness (QED) is 0.179. The molecule has 2 atom stereocenters. The van der Waals surface area contributed by atoms with Crippen LogP contribution in [0.5, 0.6) is 5.75 Å². The van der Waals surface area contributed by atoms with Crippen LogP contribution >= 0.6 is 0 Å². The number of nitro groups is 1. The fourth-order valence-corrected chi connectivity index (χ4v) is 4.39. The summed E-state index contributed by atoms with van der Waals surface area (Å²) in [5.74, 6) is -3.33. The van der Waals surface area contributed by atoms with Gasteiger partial charge in [-0.2, -0.15) is 0 Å². The van der Waals surface area contributed by atoms with E-state index in [0.717, 1.165) is 0 Å². The molecule has 3 rings (SSSR count). The minimum Gasteiger partial charge on any atom is -0.490 e. The molecule has 1 aliphatic heterocycles. The van der Waals surface area contributed by atoms with Crippen molar-refractivity contribution in [2.75, 3.05) is 38.9 Å². The molecule has 12 nitrogen and oxygen atoms in total. The molecular formula is C28H31N3O9. The van der Waals surface area contributed by atoms with E-state index in [1.54, 1.807) is 44.2 Å². The van der Waals surface area contributed by atoms with Gasteiger partial charge >= 0.3 is 11.9 Å². The van der Waals surface area contributed by atoms with Gasteiger partial charge in [0, 0.05) is 48.7 Å². The molecule has 0 fully saturated rings. The number of benzene rings is 2. The van der Waals surface area contributed by atoms with E-state index in [1.807, 2.05) is 0 Å². The number of nitrogens with one attached hydrogen (secondary N) is 1. The lowest BCUT2D eigenvalue weighted by Crippen LogP contribution is -2.37. The first-order valence-electron chi connectivity index (χ1n) is 12.5. The zero-order valence-electron chi connectivity index (χ0n) is 22.7. The van der Waals surface area contributed by atoms with Gasteiger partial charge in [-0.3, -0.25) is 24.7 Å². The van der Waals surface area contributed by atoms with Gasteiger partial charge in [0.15, 0.2) is 0 Å². The molecular weight excluding hydrogens is 522 g/mol. The summed E-state index contributed by atoms with van der Waals surface area (Å²) in [5.41, 5.74) is 1.18. The lowest BCUT2D eigenvalue weighted by Gasteiger charge is -2.31. The van der Waals surface area contributed by atoms with Crippen LogP contribution in [0.15, 0.2) is 64.8 Å². The summed E-state index contributed by atoms with van der Waals surface area (Å²) < 4.78 is 21.4. The molecule has 2 aromatic carbocycles. The van der Waals surface area contributed by atoms with Crippen LogP contribution < -0.4 is 10.1 Å². The maximum absolute atomic E-state index is 13.4. The Morgan fingerprint density at radius 3 is 2.30 bits per heavy atom. The fraction of sp³-hybridized carbons (Fsp3) is 0.357. The van der Waals surface area contributed by atoms with E-state index in [4.69, 9.17) is 18.9 Å². The number of carbonyl (C=O) groups is 3. The number of aliphatic imine (C=N–C) groups is 1. The fourth-order valence-electron chi connectivity index (χ4n) is 4.39. The van der Waals surface area contributed by atoms with Crippen LogP contribution in [0, 0.1) is 16.0 Å². The number of anilines is 1. The Hall–Kier alpha value is -4.58. The number of methoxy groups -OCH3 is 1. The Balaban J connectivity index is 1.82. The van der Waals surface area contributed by atoms with E-state index in [-0.39, 0.29) is 54.9 Å². The van der Waals surface area contributed by atoms with Crippen molar-refractivity contribution < 1.29 is 38.3 Å².